The maximum atomic E-state index is 5.52. The molecule has 2 heterocycles. The summed E-state index contributed by atoms with van der Waals surface area (Å²) in [6, 6.07) is 2.05. The van der Waals surface area contributed by atoms with E-state index in [1.54, 1.807) is 12.3 Å². The molecular formula is C10H13N5O. The van der Waals surface area contributed by atoms with Crippen molar-refractivity contribution in [3.05, 3.63) is 29.2 Å². The van der Waals surface area contributed by atoms with Crippen molar-refractivity contribution in [1.82, 2.24) is 20.2 Å². The van der Waals surface area contributed by atoms with Crippen LogP contribution in [0.1, 0.15) is 17.0 Å². The highest BCUT2D eigenvalue weighted by molar-refractivity contribution is 5.21. The smallest absolute Gasteiger partial charge is 0.323 e. The summed E-state index contributed by atoms with van der Waals surface area (Å²) in [7, 11) is 0. The van der Waals surface area contributed by atoms with Crippen LogP contribution in [0.15, 0.2) is 12.3 Å². The molecule has 0 atom stereocenters. The molecule has 3 N–H and O–H groups in total. The Balaban J connectivity index is 2.19. The molecule has 2 rings (SSSR count). The van der Waals surface area contributed by atoms with Gasteiger partial charge in [-0.15, -0.1) is 5.10 Å². The molecule has 0 aromatic carbocycles. The minimum atomic E-state index is 0.279. The van der Waals surface area contributed by atoms with Gasteiger partial charge in [0.05, 0.1) is 0 Å². The lowest BCUT2D eigenvalue weighted by atomic mass is 10.2. The molecule has 0 amide bonds. The fraction of sp³-hybridized carbons (Fsp3) is 0.300. The number of nitrogens with zero attached hydrogens (tertiary/aromatic N) is 3. The summed E-state index contributed by atoms with van der Waals surface area (Å²) in [5.74, 6) is 0.456. The molecule has 16 heavy (non-hydrogen) atoms. The van der Waals surface area contributed by atoms with Gasteiger partial charge in [0, 0.05) is 35.8 Å². The summed E-state index contributed by atoms with van der Waals surface area (Å²) in [5, 5.41) is 6.71. The van der Waals surface area contributed by atoms with E-state index in [9.17, 15) is 0 Å². The highest BCUT2D eigenvalue weighted by atomic mass is 16.5. The van der Waals surface area contributed by atoms with E-state index in [4.69, 9.17) is 10.5 Å². The summed E-state index contributed by atoms with van der Waals surface area (Å²) in [5.41, 5.74) is 8.17. The highest BCUT2D eigenvalue weighted by Crippen LogP contribution is 2.16. The van der Waals surface area contributed by atoms with Crippen LogP contribution >= 0.6 is 0 Å². The van der Waals surface area contributed by atoms with Crippen molar-refractivity contribution in [2.75, 3.05) is 0 Å². The Labute approximate surface area is 92.9 Å². The number of nitrogens with two attached hydrogens (primary N) is 1. The third-order valence-electron chi connectivity index (χ3n) is 2.16. The molecule has 0 aliphatic carbocycles. The second-order valence-electron chi connectivity index (χ2n) is 3.46. The molecule has 0 aliphatic heterocycles. The predicted octanol–water partition coefficient (Wildman–Crippen LogP) is 1.07. The first-order valence-electron chi connectivity index (χ1n) is 4.91. The van der Waals surface area contributed by atoms with Crippen molar-refractivity contribution < 1.29 is 4.74 Å². The van der Waals surface area contributed by atoms with Gasteiger partial charge < -0.3 is 10.5 Å². The first-order valence-corrected chi connectivity index (χ1v) is 4.91. The molecule has 84 valence electrons. The van der Waals surface area contributed by atoms with Gasteiger partial charge in [0.2, 0.25) is 5.88 Å². The Morgan fingerprint density at radius 3 is 2.81 bits per heavy atom. The average Bonchev–Trinajstić information content (AvgIpc) is 2.64. The Bertz CT molecular complexity index is 494. The van der Waals surface area contributed by atoms with Crippen molar-refractivity contribution in [3.8, 4) is 11.9 Å². The highest BCUT2D eigenvalue weighted by Gasteiger charge is 2.06. The third-order valence-corrected chi connectivity index (χ3v) is 2.16. The Kier molecular flexibility index (Phi) is 2.82. The summed E-state index contributed by atoms with van der Waals surface area (Å²) in [6.07, 6.45) is 1.66. The standard InChI is InChI=1S/C10H13N5O/c1-6-3-9(15-14-6)16-10-12-5-8(4-11)7(2)13-10/h3,5H,4,11H2,1-2H3,(H,14,15). The van der Waals surface area contributed by atoms with Crippen LogP contribution in [-0.2, 0) is 6.54 Å². The topological polar surface area (TPSA) is 89.7 Å². The van der Waals surface area contributed by atoms with Crippen LogP contribution in [0.25, 0.3) is 0 Å². The second-order valence-corrected chi connectivity index (χ2v) is 3.46. The fourth-order valence-corrected chi connectivity index (χ4v) is 1.26. The van der Waals surface area contributed by atoms with Gasteiger partial charge in [-0.1, -0.05) is 0 Å². The van der Waals surface area contributed by atoms with Gasteiger partial charge in [0.25, 0.3) is 0 Å². The van der Waals surface area contributed by atoms with E-state index in [1.807, 2.05) is 13.8 Å². The van der Waals surface area contributed by atoms with Crippen LogP contribution in [-0.4, -0.2) is 20.2 Å². The predicted molar refractivity (Wildman–Crippen MR) is 58.1 cm³/mol. The van der Waals surface area contributed by atoms with Crippen LogP contribution in [0.5, 0.6) is 11.9 Å². The van der Waals surface area contributed by atoms with Crippen molar-refractivity contribution >= 4 is 0 Å². The van der Waals surface area contributed by atoms with E-state index in [2.05, 4.69) is 20.2 Å². The summed E-state index contributed by atoms with van der Waals surface area (Å²) in [6.45, 7) is 4.18. The summed E-state index contributed by atoms with van der Waals surface area (Å²) < 4.78 is 5.37. The molecule has 0 unspecified atom stereocenters. The van der Waals surface area contributed by atoms with E-state index in [0.717, 1.165) is 17.0 Å². The monoisotopic (exact) mass is 219 g/mol. The Hall–Kier alpha value is -1.95. The number of H-pyrrole nitrogens is 1. The molecule has 0 saturated heterocycles. The Morgan fingerprint density at radius 2 is 2.25 bits per heavy atom. The lowest BCUT2D eigenvalue weighted by molar-refractivity contribution is 0.422. The summed E-state index contributed by atoms with van der Waals surface area (Å²) in [4.78, 5) is 8.23. The number of rotatable bonds is 3. The molecule has 0 aliphatic rings. The zero-order valence-electron chi connectivity index (χ0n) is 9.19. The number of ether oxygens (including phenoxy) is 1. The molecular weight excluding hydrogens is 206 g/mol. The molecule has 0 bridgehead atoms. The molecule has 6 heteroatoms. The van der Waals surface area contributed by atoms with Crippen LogP contribution in [0.2, 0.25) is 0 Å². The number of aryl methyl sites for hydroxylation is 2. The SMILES string of the molecule is Cc1cc(Oc2ncc(CN)c(C)n2)n[nH]1. The quantitative estimate of drug-likeness (QED) is 0.805. The third kappa shape index (κ3) is 2.17. The average molecular weight is 219 g/mol. The first kappa shape index (κ1) is 10.6. The van der Waals surface area contributed by atoms with Gasteiger partial charge in [-0.3, -0.25) is 5.10 Å². The van der Waals surface area contributed by atoms with Crippen molar-refractivity contribution in [2.24, 2.45) is 5.73 Å². The van der Waals surface area contributed by atoms with Crippen molar-refractivity contribution in [1.29, 1.82) is 0 Å². The number of nitrogens with one attached hydrogen (secondary N) is 1. The lowest BCUT2D eigenvalue weighted by Gasteiger charge is -2.03. The van der Waals surface area contributed by atoms with E-state index in [0.29, 0.717) is 12.4 Å². The lowest BCUT2D eigenvalue weighted by Crippen LogP contribution is -2.03. The van der Waals surface area contributed by atoms with Gasteiger partial charge in [0.1, 0.15) is 0 Å². The minimum Gasteiger partial charge on any atom is -0.404 e. The van der Waals surface area contributed by atoms with Gasteiger partial charge in [-0.25, -0.2) is 4.98 Å². The normalized spacial score (nSPS) is 10.4. The largest absolute Gasteiger partial charge is 0.404 e. The molecule has 0 fully saturated rings. The molecule has 2 aromatic rings. The number of hydrogen-bond donors (Lipinski definition) is 2. The maximum absolute atomic E-state index is 5.52. The number of aromatic nitrogens is 4. The molecule has 0 spiro atoms. The van der Waals surface area contributed by atoms with Crippen LogP contribution in [0.4, 0.5) is 0 Å². The number of aromatic amines is 1. The van der Waals surface area contributed by atoms with Crippen LogP contribution in [0.3, 0.4) is 0 Å². The second kappa shape index (κ2) is 4.28. The molecule has 0 saturated carbocycles. The van der Waals surface area contributed by atoms with Crippen LogP contribution in [0, 0.1) is 13.8 Å². The van der Waals surface area contributed by atoms with Gasteiger partial charge in [-0.05, 0) is 13.8 Å². The van der Waals surface area contributed by atoms with Crippen LogP contribution < -0.4 is 10.5 Å². The number of hydrogen-bond acceptors (Lipinski definition) is 5. The minimum absolute atomic E-state index is 0.279. The zero-order chi connectivity index (χ0) is 11.5. The maximum Gasteiger partial charge on any atom is 0.323 e. The molecule has 0 radical (unpaired) electrons. The first-order chi connectivity index (χ1) is 7.69. The van der Waals surface area contributed by atoms with Crippen molar-refractivity contribution in [2.45, 2.75) is 20.4 Å². The van der Waals surface area contributed by atoms with E-state index < -0.39 is 0 Å². The molecule has 2 aromatic heterocycles. The van der Waals surface area contributed by atoms with Gasteiger partial charge in [-0.2, -0.15) is 4.98 Å². The van der Waals surface area contributed by atoms with Crippen molar-refractivity contribution in [3.63, 3.8) is 0 Å². The summed E-state index contributed by atoms with van der Waals surface area (Å²) >= 11 is 0. The van der Waals surface area contributed by atoms with E-state index in [1.165, 1.54) is 0 Å². The van der Waals surface area contributed by atoms with E-state index >= 15 is 0 Å². The van der Waals surface area contributed by atoms with Gasteiger partial charge in [0.15, 0.2) is 0 Å². The van der Waals surface area contributed by atoms with Gasteiger partial charge >= 0.3 is 6.01 Å². The zero-order valence-corrected chi connectivity index (χ0v) is 9.19. The Morgan fingerprint density at radius 1 is 1.44 bits per heavy atom. The molecule has 6 nitrogen and oxygen atoms in total. The van der Waals surface area contributed by atoms with E-state index in [-0.39, 0.29) is 6.01 Å². The fourth-order valence-electron chi connectivity index (χ4n) is 1.26.